The Bertz CT molecular complexity index is 805. The van der Waals surface area contributed by atoms with Gasteiger partial charge in [-0.05, 0) is 73.1 Å². The number of Topliss-reactive ketones (excluding diaryl/α,β-unsaturated/α-hetero) is 3. The van der Waals surface area contributed by atoms with Crippen LogP contribution in [0.15, 0.2) is 6.07 Å². The van der Waals surface area contributed by atoms with Crippen molar-refractivity contribution in [1.29, 1.82) is 0 Å². The summed E-state index contributed by atoms with van der Waals surface area (Å²) in [5.74, 6) is 0.902. The van der Waals surface area contributed by atoms with Crippen LogP contribution in [0.4, 0.5) is 0 Å². The monoisotopic (exact) mass is 426 g/mol. The van der Waals surface area contributed by atoms with Crippen LogP contribution >= 0.6 is 0 Å². The minimum atomic E-state index is -0.0678. The topological polar surface area (TPSA) is 51.2 Å². The van der Waals surface area contributed by atoms with E-state index < -0.39 is 0 Å². The summed E-state index contributed by atoms with van der Waals surface area (Å²) in [5.41, 5.74) is 6.02. The molecule has 0 radical (unpaired) electrons. The zero-order valence-corrected chi connectivity index (χ0v) is 20.6. The summed E-state index contributed by atoms with van der Waals surface area (Å²) in [4.78, 5) is 38.0. The van der Waals surface area contributed by atoms with Crippen molar-refractivity contribution >= 4 is 17.3 Å². The molecule has 172 valence electrons. The molecule has 3 nitrogen and oxygen atoms in total. The molecule has 0 heterocycles. The number of hydrogen-bond acceptors (Lipinski definition) is 3. The first kappa shape index (κ1) is 25.5. The Morgan fingerprint density at radius 2 is 1.71 bits per heavy atom. The number of ketones is 3. The van der Waals surface area contributed by atoms with Crippen LogP contribution in [0.1, 0.15) is 112 Å². The van der Waals surface area contributed by atoms with Gasteiger partial charge in [0.15, 0.2) is 5.78 Å². The zero-order chi connectivity index (χ0) is 23.1. The van der Waals surface area contributed by atoms with Crippen LogP contribution in [0.2, 0.25) is 0 Å². The van der Waals surface area contributed by atoms with Crippen LogP contribution in [0, 0.1) is 24.7 Å². The molecule has 31 heavy (non-hydrogen) atoms. The fourth-order valence-corrected chi connectivity index (χ4v) is 5.69. The Hall–Kier alpha value is -1.77. The Morgan fingerprint density at radius 1 is 1.03 bits per heavy atom. The third kappa shape index (κ3) is 5.93. The summed E-state index contributed by atoms with van der Waals surface area (Å²) in [6.45, 7) is 12.5. The number of rotatable bonds is 12. The summed E-state index contributed by atoms with van der Waals surface area (Å²) in [7, 11) is 0. The number of benzene rings is 1. The van der Waals surface area contributed by atoms with E-state index in [1.54, 1.807) is 0 Å². The van der Waals surface area contributed by atoms with Gasteiger partial charge in [-0.2, -0.15) is 0 Å². The quantitative estimate of drug-likeness (QED) is 0.352. The largest absolute Gasteiger partial charge is 0.299 e. The van der Waals surface area contributed by atoms with Crippen molar-refractivity contribution in [3.63, 3.8) is 0 Å². The van der Waals surface area contributed by atoms with Gasteiger partial charge in [0.1, 0.15) is 11.6 Å². The van der Waals surface area contributed by atoms with Gasteiger partial charge in [-0.25, -0.2) is 0 Å². The molecule has 0 saturated carbocycles. The minimum Gasteiger partial charge on any atom is -0.299 e. The molecule has 2 rings (SSSR count). The van der Waals surface area contributed by atoms with Gasteiger partial charge in [0.05, 0.1) is 6.42 Å². The number of fused-ring (bicyclic) bond motifs is 1. The van der Waals surface area contributed by atoms with Crippen LogP contribution in [-0.2, 0) is 28.9 Å². The molecule has 1 aromatic carbocycles. The highest BCUT2D eigenvalue weighted by Crippen LogP contribution is 2.38. The maximum absolute atomic E-state index is 13.2. The fraction of sp³-hybridized carbons (Fsp3) is 0.679. The Labute approximate surface area is 189 Å². The average Bonchev–Trinajstić information content (AvgIpc) is 2.74. The van der Waals surface area contributed by atoms with Crippen LogP contribution in [0.25, 0.3) is 0 Å². The molecule has 0 amide bonds. The third-order valence-corrected chi connectivity index (χ3v) is 7.39. The lowest BCUT2D eigenvalue weighted by atomic mass is 9.71. The van der Waals surface area contributed by atoms with E-state index in [1.165, 1.54) is 22.3 Å². The van der Waals surface area contributed by atoms with Crippen LogP contribution in [0.3, 0.4) is 0 Å². The lowest BCUT2D eigenvalue weighted by Crippen LogP contribution is -2.30. The molecule has 3 unspecified atom stereocenters. The lowest BCUT2D eigenvalue weighted by Gasteiger charge is -2.33. The molecule has 0 bridgehead atoms. The highest BCUT2D eigenvalue weighted by Gasteiger charge is 2.34. The van der Waals surface area contributed by atoms with Crippen molar-refractivity contribution in [3.05, 3.63) is 33.9 Å². The van der Waals surface area contributed by atoms with Gasteiger partial charge in [0.25, 0.3) is 0 Å². The predicted octanol–water partition coefficient (Wildman–Crippen LogP) is 6.64. The van der Waals surface area contributed by atoms with Gasteiger partial charge in [0, 0.05) is 24.3 Å². The standard InChI is InChI=1S/C28H42O3/c1-7-12-22(24(11-5)26(30)17-23(29)10-4)13-19-14-25-21(9-3)16-20(8-2)18(6)28(25)27(31)15-19/h16,19,22,24H,7-15,17H2,1-6H3. The SMILES string of the molecule is CCCC(CC1CC(=O)c2c(C)c(CC)cc(CC)c2C1)C(CC)C(=O)CC(=O)CC. The summed E-state index contributed by atoms with van der Waals surface area (Å²) in [6.07, 6.45) is 7.60. The second kappa shape index (κ2) is 11.7. The van der Waals surface area contributed by atoms with E-state index >= 15 is 0 Å². The molecule has 3 heteroatoms. The molecular formula is C28H42O3. The second-order valence-corrected chi connectivity index (χ2v) is 9.41. The molecule has 0 spiro atoms. The van der Waals surface area contributed by atoms with Gasteiger partial charge in [0.2, 0.25) is 0 Å². The highest BCUT2D eigenvalue weighted by molar-refractivity contribution is 6.01. The summed E-state index contributed by atoms with van der Waals surface area (Å²) < 4.78 is 0. The molecule has 3 atom stereocenters. The molecule has 0 N–H and O–H groups in total. The van der Waals surface area contributed by atoms with Crippen molar-refractivity contribution in [3.8, 4) is 0 Å². The average molecular weight is 427 g/mol. The highest BCUT2D eigenvalue weighted by atomic mass is 16.1. The first-order valence-corrected chi connectivity index (χ1v) is 12.5. The van der Waals surface area contributed by atoms with Crippen LogP contribution in [-0.4, -0.2) is 17.3 Å². The van der Waals surface area contributed by atoms with E-state index in [0.29, 0.717) is 12.8 Å². The first-order valence-electron chi connectivity index (χ1n) is 12.5. The number of carbonyl (C=O) groups excluding carboxylic acids is 3. The van der Waals surface area contributed by atoms with E-state index in [0.717, 1.165) is 50.5 Å². The molecule has 0 saturated heterocycles. The molecule has 1 aromatic rings. The summed E-state index contributed by atoms with van der Waals surface area (Å²) >= 11 is 0. The number of carbonyl (C=O) groups is 3. The van der Waals surface area contributed by atoms with Crippen LogP contribution in [0.5, 0.6) is 0 Å². The van der Waals surface area contributed by atoms with Crippen molar-refractivity contribution in [1.82, 2.24) is 0 Å². The first-order chi connectivity index (χ1) is 14.8. The van der Waals surface area contributed by atoms with Gasteiger partial charge < -0.3 is 0 Å². The molecule has 0 aliphatic heterocycles. The minimum absolute atomic E-state index is 0.0373. The van der Waals surface area contributed by atoms with Gasteiger partial charge in [-0.3, -0.25) is 14.4 Å². The van der Waals surface area contributed by atoms with E-state index in [9.17, 15) is 14.4 Å². The van der Waals surface area contributed by atoms with Gasteiger partial charge >= 0.3 is 0 Å². The molecule has 1 aliphatic carbocycles. The normalized spacial score (nSPS) is 17.9. The summed E-state index contributed by atoms with van der Waals surface area (Å²) in [6, 6.07) is 2.31. The smallest absolute Gasteiger partial charge is 0.163 e. The summed E-state index contributed by atoms with van der Waals surface area (Å²) in [5, 5.41) is 0. The molecular weight excluding hydrogens is 384 g/mol. The Balaban J connectivity index is 2.29. The number of hydrogen-bond donors (Lipinski definition) is 0. The molecule has 0 aromatic heterocycles. The second-order valence-electron chi connectivity index (χ2n) is 9.41. The maximum atomic E-state index is 13.2. The Morgan fingerprint density at radius 3 is 2.26 bits per heavy atom. The Kier molecular flexibility index (Phi) is 9.65. The van der Waals surface area contributed by atoms with E-state index in [1.807, 2.05) is 6.92 Å². The van der Waals surface area contributed by atoms with E-state index in [2.05, 4.69) is 40.7 Å². The van der Waals surface area contributed by atoms with Gasteiger partial charge in [-0.15, -0.1) is 0 Å². The van der Waals surface area contributed by atoms with Crippen molar-refractivity contribution in [2.45, 2.75) is 106 Å². The van der Waals surface area contributed by atoms with Crippen molar-refractivity contribution in [2.75, 3.05) is 0 Å². The van der Waals surface area contributed by atoms with E-state index in [-0.39, 0.29) is 41.5 Å². The fourth-order valence-electron chi connectivity index (χ4n) is 5.69. The van der Waals surface area contributed by atoms with Gasteiger partial charge in [-0.1, -0.05) is 53.5 Å². The maximum Gasteiger partial charge on any atom is 0.163 e. The lowest BCUT2D eigenvalue weighted by molar-refractivity contribution is -0.130. The van der Waals surface area contributed by atoms with Crippen molar-refractivity contribution in [2.24, 2.45) is 17.8 Å². The molecule has 0 fully saturated rings. The number of aryl methyl sites for hydroxylation is 2. The predicted molar refractivity (Wildman–Crippen MR) is 128 cm³/mol. The molecule has 1 aliphatic rings. The zero-order valence-electron chi connectivity index (χ0n) is 20.6. The van der Waals surface area contributed by atoms with E-state index in [4.69, 9.17) is 0 Å². The third-order valence-electron chi connectivity index (χ3n) is 7.39. The van der Waals surface area contributed by atoms with Crippen molar-refractivity contribution < 1.29 is 14.4 Å². The van der Waals surface area contributed by atoms with Crippen LogP contribution < -0.4 is 0 Å².